The van der Waals surface area contributed by atoms with Crippen molar-refractivity contribution in [2.24, 2.45) is 5.92 Å². The number of aliphatic hydroxyl groups is 1. The number of carbonyl (C=O) groups is 1. The largest absolute Gasteiger partial charge is 0.392 e. The molecule has 0 unspecified atom stereocenters. The van der Waals surface area contributed by atoms with Crippen LogP contribution in [0.2, 0.25) is 0 Å². The number of piperidine rings is 1. The van der Waals surface area contributed by atoms with Crippen molar-refractivity contribution in [1.82, 2.24) is 20.2 Å². The number of amides is 1. The van der Waals surface area contributed by atoms with Gasteiger partial charge >= 0.3 is 0 Å². The first-order valence-electron chi connectivity index (χ1n) is 18.2. The van der Waals surface area contributed by atoms with Crippen molar-refractivity contribution >= 4 is 16.9 Å². The molecular weight excluding hydrogens is 656 g/mol. The molecule has 3 aliphatic rings. The van der Waals surface area contributed by atoms with Crippen LogP contribution in [0.25, 0.3) is 22.2 Å². The van der Waals surface area contributed by atoms with E-state index >= 15 is 0 Å². The van der Waals surface area contributed by atoms with Crippen molar-refractivity contribution in [3.63, 3.8) is 0 Å². The van der Waals surface area contributed by atoms with E-state index in [1.807, 2.05) is 48.5 Å². The highest BCUT2D eigenvalue weighted by atomic mass is 16.7. The molecule has 268 valence electrons. The van der Waals surface area contributed by atoms with E-state index in [9.17, 15) is 9.90 Å². The van der Waals surface area contributed by atoms with Gasteiger partial charge in [0.1, 0.15) is 5.69 Å². The number of rotatable bonds is 9. The highest BCUT2D eigenvalue weighted by molar-refractivity contribution is 5.93. The van der Waals surface area contributed by atoms with Crippen molar-refractivity contribution in [2.45, 2.75) is 57.2 Å². The molecule has 52 heavy (non-hydrogen) atoms. The van der Waals surface area contributed by atoms with E-state index in [1.165, 1.54) is 6.20 Å². The topological polar surface area (TPSA) is 115 Å². The SMILES string of the molecule is C[C@H]1[C@@H](CN2CCC3(CC2)OCCO3)O[C@@H](c2ccc(-c3cccc(CNC(=O)c4cnc5ccccc5n4)c3)cc2)O[C@H]1c1ccc(CO)cc1. The van der Waals surface area contributed by atoms with Gasteiger partial charge < -0.3 is 34.3 Å². The molecule has 10 nitrogen and oxygen atoms in total. The van der Waals surface area contributed by atoms with Crippen molar-refractivity contribution < 1.29 is 28.8 Å². The first kappa shape index (κ1) is 34.5. The van der Waals surface area contributed by atoms with Crippen LogP contribution in [0, 0.1) is 5.92 Å². The number of aromatic nitrogens is 2. The first-order chi connectivity index (χ1) is 25.4. The third kappa shape index (κ3) is 7.50. The predicted octanol–water partition coefficient (Wildman–Crippen LogP) is 6.35. The number of nitrogens with zero attached hydrogens (tertiary/aromatic N) is 3. The molecule has 0 radical (unpaired) electrons. The van der Waals surface area contributed by atoms with E-state index in [0.29, 0.717) is 25.3 Å². The van der Waals surface area contributed by atoms with E-state index in [2.05, 4.69) is 75.6 Å². The molecule has 1 amide bonds. The molecule has 0 saturated carbocycles. The molecule has 4 aromatic carbocycles. The Hall–Kier alpha value is -4.55. The Labute approximate surface area is 303 Å². The zero-order valence-corrected chi connectivity index (χ0v) is 29.3. The minimum Gasteiger partial charge on any atom is -0.392 e. The molecule has 4 atom stereocenters. The molecule has 10 heteroatoms. The van der Waals surface area contributed by atoms with E-state index in [-0.39, 0.29) is 36.3 Å². The molecule has 1 aromatic heterocycles. The van der Waals surface area contributed by atoms with Crippen LogP contribution >= 0.6 is 0 Å². The molecule has 3 saturated heterocycles. The standard InChI is InChI=1S/C42H44N4O6/c1-28-38(26-46-19-17-42(18-20-46)49-21-22-50-42)51-41(52-39(28)32-11-9-29(27-47)10-12-32)33-15-13-31(14-16-33)34-6-4-5-30(23-34)24-44-40(48)37-25-43-35-7-2-3-8-36(35)45-37/h2-16,23,25,28,38-39,41,47H,17-22,24,26-27H2,1H3,(H,44,48)/t28-,38+,39+,41+/m0/s1. The summed E-state index contributed by atoms with van der Waals surface area (Å²) in [4.78, 5) is 24.2. The Morgan fingerprint density at radius 3 is 2.33 bits per heavy atom. The van der Waals surface area contributed by atoms with Gasteiger partial charge in [0.05, 0.1) is 49.3 Å². The molecule has 4 heterocycles. The summed E-state index contributed by atoms with van der Waals surface area (Å²) >= 11 is 0. The number of fused-ring (bicyclic) bond motifs is 1. The minimum atomic E-state index is -0.546. The first-order valence-corrected chi connectivity index (χ1v) is 18.2. The van der Waals surface area contributed by atoms with Crippen LogP contribution < -0.4 is 5.32 Å². The number of hydrogen-bond donors (Lipinski definition) is 2. The molecule has 8 rings (SSSR count). The number of hydrogen-bond acceptors (Lipinski definition) is 9. The van der Waals surface area contributed by atoms with Gasteiger partial charge in [-0.1, -0.05) is 85.8 Å². The summed E-state index contributed by atoms with van der Waals surface area (Å²) in [5.41, 5.74) is 7.69. The Morgan fingerprint density at radius 2 is 1.58 bits per heavy atom. The summed E-state index contributed by atoms with van der Waals surface area (Å²) < 4.78 is 25.4. The number of nitrogens with one attached hydrogen (secondary N) is 1. The number of carbonyl (C=O) groups excluding carboxylic acids is 1. The van der Waals surface area contributed by atoms with Gasteiger partial charge in [-0.2, -0.15) is 0 Å². The highest BCUT2D eigenvalue weighted by Gasteiger charge is 2.43. The second-order valence-electron chi connectivity index (χ2n) is 14.0. The van der Waals surface area contributed by atoms with Gasteiger partial charge in [-0.25, -0.2) is 4.98 Å². The summed E-state index contributed by atoms with van der Waals surface area (Å²) in [6, 6.07) is 32.0. The molecule has 0 bridgehead atoms. The van der Waals surface area contributed by atoms with Crippen LogP contribution in [0.5, 0.6) is 0 Å². The summed E-state index contributed by atoms with van der Waals surface area (Å²) in [7, 11) is 0. The molecule has 1 spiro atoms. The molecular formula is C42H44N4O6. The lowest BCUT2D eigenvalue weighted by atomic mass is 9.89. The van der Waals surface area contributed by atoms with Gasteiger partial charge in [-0.05, 0) is 46.0 Å². The highest BCUT2D eigenvalue weighted by Crippen LogP contribution is 2.43. The van der Waals surface area contributed by atoms with Gasteiger partial charge in [0.2, 0.25) is 0 Å². The van der Waals surface area contributed by atoms with Gasteiger partial charge in [0.15, 0.2) is 12.1 Å². The summed E-state index contributed by atoms with van der Waals surface area (Å²) in [5.74, 6) is -0.584. The van der Waals surface area contributed by atoms with E-state index in [4.69, 9.17) is 18.9 Å². The molecule has 3 fully saturated rings. The smallest absolute Gasteiger partial charge is 0.271 e. The average molecular weight is 701 g/mol. The van der Waals surface area contributed by atoms with Crippen LogP contribution in [0.4, 0.5) is 0 Å². The minimum absolute atomic E-state index is 0.00398. The van der Waals surface area contributed by atoms with Crippen LogP contribution in [0.1, 0.15) is 64.9 Å². The van der Waals surface area contributed by atoms with Gasteiger partial charge in [-0.3, -0.25) is 9.78 Å². The van der Waals surface area contributed by atoms with Crippen molar-refractivity contribution in [3.05, 3.63) is 131 Å². The molecule has 5 aromatic rings. The number of aliphatic hydroxyl groups excluding tert-OH is 1. The Balaban J connectivity index is 0.957. The van der Waals surface area contributed by atoms with Crippen molar-refractivity contribution in [1.29, 1.82) is 0 Å². The van der Waals surface area contributed by atoms with Gasteiger partial charge in [0.25, 0.3) is 5.91 Å². The molecule has 3 aliphatic heterocycles. The lowest BCUT2D eigenvalue weighted by molar-refractivity contribution is -0.278. The van der Waals surface area contributed by atoms with Crippen LogP contribution in [-0.4, -0.2) is 70.6 Å². The van der Waals surface area contributed by atoms with E-state index < -0.39 is 12.1 Å². The van der Waals surface area contributed by atoms with Crippen LogP contribution in [-0.2, 0) is 32.1 Å². The summed E-state index contributed by atoms with van der Waals surface area (Å²) in [6.45, 7) is 6.48. The number of likely N-dealkylation sites (tertiary alicyclic amines) is 1. The van der Waals surface area contributed by atoms with Gasteiger partial charge in [0, 0.05) is 50.5 Å². The predicted molar refractivity (Wildman–Crippen MR) is 196 cm³/mol. The van der Waals surface area contributed by atoms with Crippen LogP contribution in [0.15, 0.2) is 103 Å². The Kier molecular flexibility index (Phi) is 10.1. The molecule has 0 aliphatic carbocycles. The summed E-state index contributed by atoms with van der Waals surface area (Å²) in [5, 5.41) is 12.6. The van der Waals surface area contributed by atoms with Crippen LogP contribution in [0.3, 0.4) is 0 Å². The fraction of sp³-hybridized carbons (Fsp3) is 0.357. The third-order valence-corrected chi connectivity index (χ3v) is 10.6. The second kappa shape index (κ2) is 15.2. The van der Waals surface area contributed by atoms with Gasteiger partial charge in [-0.15, -0.1) is 0 Å². The Bertz CT molecular complexity index is 1990. The number of para-hydroxylation sites is 2. The summed E-state index contributed by atoms with van der Waals surface area (Å²) in [6.07, 6.45) is 2.43. The number of benzene rings is 4. The Morgan fingerprint density at radius 1 is 0.846 bits per heavy atom. The normalized spacial score (nSPS) is 23.2. The maximum Gasteiger partial charge on any atom is 0.271 e. The fourth-order valence-electron chi connectivity index (χ4n) is 7.48. The number of ether oxygens (including phenoxy) is 4. The quantitative estimate of drug-likeness (QED) is 0.182. The second-order valence-corrected chi connectivity index (χ2v) is 14.0. The van der Waals surface area contributed by atoms with Crippen molar-refractivity contribution in [2.75, 3.05) is 32.8 Å². The van der Waals surface area contributed by atoms with E-state index in [0.717, 1.165) is 71.4 Å². The lowest BCUT2D eigenvalue weighted by Gasteiger charge is -2.44. The zero-order chi connectivity index (χ0) is 35.5. The monoisotopic (exact) mass is 700 g/mol. The molecule has 2 N–H and O–H groups in total. The fourth-order valence-corrected chi connectivity index (χ4v) is 7.48. The lowest BCUT2D eigenvalue weighted by Crippen LogP contribution is -2.50. The average Bonchev–Trinajstić information content (AvgIpc) is 3.66. The van der Waals surface area contributed by atoms with E-state index in [1.54, 1.807) is 0 Å². The third-order valence-electron chi connectivity index (χ3n) is 10.6. The zero-order valence-electron chi connectivity index (χ0n) is 29.3. The maximum absolute atomic E-state index is 12.9. The maximum atomic E-state index is 12.9. The van der Waals surface area contributed by atoms with Crippen molar-refractivity contribution in [3.8, 4) is 11.1 Å².